The summed E-state index contributed by atoms with van der Waals surface area (Å²) in [6, 6.07) is 12.7. The Balaban J connectivity index is 1.50. The number of pyridine rings is 1. The molecule has 0 bridgehead atoms. The topological polar surface area (TPSA) is 62.3 Å². The second-order valence-corrected chi connectivity index (χ2v) is 6.49. The monoisotopic (exact) mass is 357 g/mol. The van der Waals surface area contributed by atoms with Gasteiger partial charge in [0.1, 0.15) is 0 Å². The van der Waals surface area contributed by atoms with Crippen molar-refractivity contribution in [2.45, 2.75) is 19.4 Å². The summed E-state index contributed by atoms with van der Waals surface area (Å²) >= 11 is 6.10. The number of hydrogen-bond acceptors (Lipinski definition) is 3. The van der Waals surface area contributed by atoms with E-state index < -0.39 is 0 Å². The third-order valence-electron chi connectivity index (χ3n) is 4.43. The lowest BCUT2D eigenvalue weighted by molar-refractivity contribution is -0.126. The number of likely N-dealkylation sites (tertiary alicyclic amines) is 1. The summed E-state index contributed by atoms with van der Waals surface area (Å²) in [5.74, 6) is -0.118. The van der Waals surface area contributed by atoms with Crippen molar-refractivity contribution in [2.24, 2.45) is 5.92 Å². The van der Waals surface area contributed by atoms with E-state index in [1.807, 2.05) is 18.2 Å². The Hall–Kier alpha value is -2.40. The molecule has 1 N–H and O–H groups in total. The van der Waals surface area contributed by atoms with Gasteiger partial charge in [-0.15, -0.1) is 0 Å². The highest BCUT2D eigenvalue weighted by Gasteiger charge is 2.28. The fourth-order valence-electron chi connectivity index (χ4n) is 2.97. The van der Waals surface area contributed by atoms with Crippen LogP contribution in [-0.2, 0) is 11.3 Å². The van der Waals surface area contributed by atoms with E-state index in [1.165, 1.54) is 0 Å². The molecule has 6 heteroatoms. The first-order valence-corrected chi connectivity index (χ1v) is 8.74. The van der Waals surface area contributed by atoms with Crippen molar-refractivity contribution < 1.29 is 9.59 Å². The molecule has 1 aliphatic heterocycles. The van der Waals surface area contributed by atoms with Crippen molar-refractivity contribution in [3.05, 3.63) is 64.9 Å². The SMILES string of the molecule is O=C(NCc1ccccn1)C1CCN(C(=O)c2ccccc2Cl)CC1. The van der Waals surface area contributed by atoms with Crippen LogP contribution < -0.4 is 5.32 Å². The maximum absolute atomic E-state index is 12.5. The predicted molar refractivity (Wildman–Crippen MR) is 96.2 cm³/mol. The first kappa shape index (κ1) is 17.4. The second-order valence-electron chi connectivity index (χ2n) is 6.09. The summed E-state index contributed by atoms with van der Waals surface area (Å²) in [6.45, 7) is 1.55. The molecule has 0 atom stereocenters. The highest BCUT2D eigenvalue weighted by Crippen LogP contribution is 2.22. The summed E-state index contributed by atoms with van der Waals surface area (Å²) < 4.78 is 0. The molecule has 1 aromatic heterocycles. The number of carbonyl (C=O) groups excluding carboxylic acids is 2. The molecule has 0 radical (unpaired) electrons. The summed E-state index contributed by atoms with van der Waals surface area (Å²) in [7, 11) is 0. The van der Waals surface area contributed by atoms with Crippen molar-refractivity contribution in [3.8, 4) is 0 Å². The third-order valence-corrected chi connectivity index (χ3v) is 4.76. The Morgan fingerprint density at radius 2 is 1.84 bits per heavy atom. The molecule has 1 fully saturated rings. The quantitative estimate of drug-likeness (QED) is 0.915. The number of piperidine rings is 1. The van der Waals surface area contributed by atoms with Crippen LogP contribution in [0.1, 0.15) is 28.9 Å². The van der Waals surface area contributed by atoms with Gasteiger partial charge in [-0.1, -0.05) is 29.8 Å². The smallest absolute Gasteiger partial charge is 0.255 e. The molecular weight excluding hydrogens is 338 g/mol. The first-order chi connectivity index (χ1) is 12.1. The van der Waals surface area contributed by atoms with E-state index in [9.17, 15) is 9.59 Å². The number of amides is 2. The van der Waals surface area contributed by atoms with Crippen LogP contribution in [-0.4, -0.2) is 34.8 Å². The van der Waals surface area contributed by atoms with Gasteiger partial charge in [0.15, 0.2) is 0 Å². The molecule has 0 aliphatic carbocycles. The molecule has 25 heavy (non-hydrogen) atoms. The molecule has 0 saturated carbocycles. The zero-order chi connectivity index (χ0) is 17.6. The van der Waals surface area contributed by atoms with Crippen LogP contribution in [0.2, 0.25) is 5.02 Å². The van der Waals surface area contributed by atoms with Gasteiger partial charge < -0.3 is 10.2 Å². The highest BCUT2D eigenvalue weighted by atomic mass is 35.5. The van der Waals surface area contributed by atoms with E-state index in [4.69, 9.17) is 11.6 Å². The summed E-state index contributed by atoms with van der Waals surface area (Å²) in [5.41, 5.74) is 1.35. The molecule has 2 heterocycles. The number of hydrogen-bond donors (Lipinski definition) is 1. The lowest BCUT2D eigenvalue weighted by atomic mass is 9.95. The summed E-state index contributed by atoms with van der Waals surface area (Å²) in [6.07, 6.45) is 3.02. The highest BCUT2D eigenvalue weighted by molar-refractivity contribution is 6.33. The van der Waals surface area contributed by atoms with Crippen molar-refractivity contribution in [2.75, 3.05) is 13.1 Å². The normalized spacial score (nSPS) is 15.0. The van der Waals surface area contributed by atoms with E-state index in [0.29, 0.717) is 43.1 Å². The first-order valence-electron chi connectivity index (χ1n) is 8.36. The fraction of sp³-hybridized carbons (Fsp3) is 0.316. The van der Waals surface area contributed by atoms with Gasteiger partial charge in [-0.25, -0.2) is 0 Å². The summed E-state index contributed by atoms with van der Waals surface area (Å²) in [4.78, 5) is 30.8. The average Bonchev–Trinajstić information content (AvgIpc) is 2.67. The molecule has 1 aromatic carbocycles. The van der Waals surface area contributed by atoms with E-state index in [-0.39, 0.29) is 17.7 Å². The molecule has 2 aromatic rings. The van der Waals surface area contributed by atoms with Gasteiger partial charge in [0.25, 0.3) is 5.91 Å². The number of halogens is 1. The van der Waals surface area contributed by atoms with Crippen LogP contribution in [0.3, 0.4) is 0 Å². The maximum Gasteiger partial charge on any atom is 0.255 e. The summed E-state index contributed by atoms with van der Waals surface area (Å²) in [5, 5.41) is 3.39. The predicted octanol–water partition coefficient (Wildman–Crippen LogP) is 2.90. The van der Waals surface area contributed by atoms with Crippen molar-refractivity contribution in [1.29, 1.82) is 0 Å². The Labute approximate surface area is 152 Å². The van der Waals surface area contributed by atoms with Crippen molar-refractivity contribution >= 4 is 23.4 Å². The Morgan fingerprint density at radius 1 is 1.12 bits per heavy atom. The Morgan fingerprint density at radius 3 is 2.52 bits per heavy atom. The molecule has 3 rings (SSSR count). The number of benzene rings is 1. The number of carbonyl (C=O) groups is 2. The van der Waals surface area contributed by atoms with Gasteiger partial charge in [0.2, 0.25) is 5.91 Å². The number of rotatable bonds is 4. The van der Waals surface area contributed by atoms with Crippen LogP contribution in [0.5, 0.6) is 0 Å². The molecular formula is C19H20ClN3O2. The lowest BCUT2D eigenvalue weighted by Crippen LogP contribution is -2.43. The third kappa shape index (κ3) is 4.37. The zero-order valence-corrected chi connectivity index (χ0v) is 14.6. The fourth-order valence-corrected chi connectivity index (χ4v) is 3.19. The molecule has 2 amide bonds. The van der Waals surface area contributed by atoms with Gasteiger partial charge in [-0.3, -0.25) is 14.6 Å². The van der Waals surface area contributed by atoms with Gasteiger partial charge >= 0.3 is 0 Å². The van der Waals surface area contributed by atoms with Gasteiger partial charge in [-0.05, 0) is 37.1 Å². The number of aromatic nitrogens is 1. The second kappa shape index (κ2) is 8.12. The molecule has 5 nitrogen and oxygen atoms in total. The van der Waals surface area contributed by atoms with Crippen LogP contribution in [0.25, 0.3) is 0 Å². The average molecular weight is 358 g/mol. The van der Waals surface area contributed by atoms with E-state index >= 15 is 0 Å². The molecule has 0 unspecified atom stereocenters. The largest absolute Gasteiger partial charge is 0.350 e. The van der Waals surface area contributed by atoms with E-state index in [0.717, 1.165) is 5.69 Å². The minimum absolute atomic E-state index is 0.0236. The molecule has 0 spiro atoms. The standard InChI is InChI=1S/C19H20ClN3O2/c20-17-7-2-1-6-16(17)19(25)23-11-8-14(9-12-23)18(24)22-13-15-5-3-4-10-21-15/h1-7,10,14H,8-9,11-13H2,(H,22,24). The van der Waals surface area contributed by atoms with Crippen LogP contribution >= 0.6 is 11.6 Å². The van der Waals surface area contributed by atoms with Crippen LogP contribution in [0.15, 0.2) is 48.7 Å². The minimum atomic E-state index is -0.0713. The Bertz CT molecular complexity index is 743. The van der Waals surface area contributed by atoms with Crippen molar-refractivity contribution in [3.63, 3.8) is 0 Å². The molecule has 130 valence electrons. The van der Waals surface area contributed by atoms with Crippen molar-refractivity contribution in [1.82, 2.24) is 15.2 Å². The zero-order valence-electron chi connectivity index (χ0n) is 13.8. The van der Waals surface area contributed by atoms with Crippen LogP contribution in [0, 0.1) is 5.92 Å². The Kier molecular flexibility index (Phi) is 5.66. The van der Waals surface area contributed by atoms with E-state index in [2.05, 4.69) is 10.3 Å². The lowest BCUT2D eigenvalue weighted by Gasteiger charge is -2.31. The molecule has 1 saturated heterocycles. The van der Waals surface area contributed by atoms with Gasteiger partial charge in [0.05, 0.1) is 22.8 Å². The minimum Gasteiger partial charge on any atom is -0.350 e. The van der Waals surface area contributed by atoms with Crippen LogP contribution in [0.4, 0.5) is 0 Å². The van der Waals surface area contributed by atoms with Gasteiger partial charge in [0, 0.05) is 25.2 Å². The number of nitrogens with zero attached hydrogens (tertiary/aromatic N) is 2. The van der Waals surface area contributed by atoms with Gasteiger partial charge in [-0.2, -0.15) is 0 Å². The van der Waals surface area contributed by atoms with E-state index in [1.54, 1.807) is 35.4 Å². The number of nitrogens with one attached hydrogen (secondary N) is 1. The molecule has 1 aliphatic rings. The maximum atomic E-state index is 12.5.